The molecule has 0 saturated carbocycles. The summed E-state index contributed by atoms with van der Waals surface area (Å²) in [6, 6.07) is 0. The average molecular weight is 253 g/mol. The fraction of sp³-hybridized carbons (Fsp3) is 0.812. The lowest BCUT2D eigenvalue weighted by Crippen LogP contribution is -2.20. The predicted octanol–water partition coefficient (Wildman–Crippen LogP) is 4.60. The van der Waals surface area contributed by atoms with Crippen molar-refractivity contribution in [1.29, 1.82) is 0 Å². The van der Waals surface area contributed by atoms with Crippen molar-refractivity contribution in [1.82, 2.24) is 5.32 Å². The van der Waals surface area contributed by atoms with Crippen LogP contribution in [-0.4, -0.2) is 12.5 Å². The Morgan fingerprint density at radius 3 is 2.00 bits per heavy atom. The van der Waals surface area contributed by atoms with E-state index in [-0.39, 0.29) is 5.91 Å². The van der Waals surface area contributed by atoms with Gasteiger partial charge in [-0.15, -0.1) is 0 Å². The Balaban J connectivity index is 3.06. The van der Waals surface area contributed by atoms with E-state index in [2.05, 4.69) is 24.4 Å². The maximum atomic E-state index is 10.6. The lowest BCUT2D eigenvalue weighted by atomic mass is 10.1. The van der Waals surface area contributed by atoms with Crippen molar-refractivity contribution in [3.8, 4) is 0 Å². The number of rotatable bonds is 12. The quantitative estimate of drug-likeness (QED) is 0.400. The molecule has 0 bridgehead atoms. The fourth-order valence-electron chi connectivity index (χ4n) is 1.93. The van der Waals surface area contributed by atoms with Crippen LogP contribution in [-0.2, 0) is 4.79 Å². The highest BCUT2D eigenvalue weighted by Gasteiger charge is 1.91. The molecule has 0 aliphatic heterocycles. The zero-order chi connectivity index (χ0) is 13.5. The van der Waals surface area contributed by atoms with Crippen LogP contribution in [0.1, 0.15) is 78.1 Å². The van der Waals surface area contributed by atoms with E-state index >= 15 is 0 Å². The molecule has 0 unspecified atom stereocenters. The first-order valence-electron chi connectivity index (χ1n) is 7.66. The molecule has 1 amide bonds. The van der Waals surface area contributed by atoms with E-state index in [1.54, 1.807) is 6.92 Å². The van der Waals surface area contributed by atoms with Gasteiger partial charge in [0, 0.05) is 13.5 Å². The molecule has 2 nitrogen and oxygen atoms in total. The van der Waals surface area contributed by atoms with Crippen LogP contribution in [0.5, 0.6) is 0 Å². The summed E-state index contributed by atoms with van der Waals surface area (Å²) in [5.41, 5.74) is 0. The van der Waals surface area contributed by atoms with Gasteiger partial charge in [0.2, 0.25) is 5.91 Å². The third-order valence-corrected chi connectivity index (χ3v) is 3.06. The predicted molar refractivity (Wildman–Crippen MR) is 79.7 cm³/mol. The molecular weight excluding hydrogens is 222 g/mol. The number of carbonyl (C=O) groups excluding carboxylic acids is 1. The molecular formula is C16H31NO. The second-order valence-corrected chi connectivity index (χ2v) is 5.01. The summed E-state index contributed by atoms with van der Waals surface area (Å²) in [5.74, 6) is 0.0843. The van der Waals surface area contributed by atoms with Crippen LogP contribution < -0.4 is 5.32 Å². The largest absolute Gasteiger partial charge is 0.356 e. The summed E-state index contributed by atoms with van der Waals surface area (Å²) in [7, 11) is 0. The molecule has 0 fully saturated rings. The molecule has 1 N–H and O–H groups in total. The molecule has 0 spiro atoms. The number of amides is 1. The molecule has 0 rings (SSSR count). The maximum absolute atomic E-state index is 10.6. The summed E-state index contributed by atoms with van der Waals surface area (Å²) < 4.78 is 0. The SMILES string of the molecule is CCCCCC/C=C\CCCCCCNC(C)=O. The van der Waals surface area contributed by atoms with E-state index in [0.717, 1.165) is 13.0 Å². The van der Waals surface area contributed by atoms with Gasteiger partial charge < -0.3 is 5.32 Å². The molecule has 0 aliphatic rings. The Morgan fingerprint density at radius 2 is 1.44 bits per heavy atom. The number of hydrogen-bond acceptors (Lipinski definition) is 1. The molecule has 0 aliphatic carbocycles. The Morgan fingerprint density at radius 1 is 0.889 bits per heavy atom. The van der Waals surface area contributed by atoms with Crippen molar-refractivity contribution in [2.24, 2.45) is 0 Å². The Labute approximate surface area is 113 Å². The van der Waals surface area contributed by atoms with Crippen molar-refractivity contribution < 1.29 is 4.79 Å². The van der Waals surface area contributed by atoms with E-state index in [4.69, 9.17) is 0 Å². The molecule has 0 aromatic heterocycles. The van der Waals surface area contributed by atoms with Crippen molar-refractivity contribution in [3.63, 3.8) is 0 Å². The van der Waals surface area contributed by atoms with Gasteiger partial charge in [0.1, 0.15) is 0 Å². The second-order valence-electron chi connectivity index (χ2n) is 5.01. The summed E-state index contributed by atoms with van der Waals surface area (Å²) in [4.78, 5) is 10.6. The third-order valence-electron chi connectivity index (χ3n) is 3.06. The lowest BCUT2D eigenvalue weighted by Gasteiger charge is -2.01. The first-order chi connectivity index (χ1) is 8.77. The number of hydrogen-bond donors (Lipinski definition) is 1. The topological polar surface area (TPSA) is 29.1 Å². The minimum Gasteiger partial charge on any atom is -0.356 e. The highest BCUT2D eigenvalue weighted by atomic mass is 16.1. The zero-order valence-corrected chi connectivity index (χ0v) is 12.3. The summed E-state index contributed by atoms with van der Waals surface area (Å²) in [6.45, 7) is 4.66. The van der Waals surface area contributed by atoms with E-state index in [9.17, 15) is 4.79 Å². The van der Waals surface area contributed by atoms with Crippen LogP contribution in [0, 0.1) is 0 Å². The van der Waals surface area contributed by atoms with Gasteiger partial charge in [-0.1, -0.05) is 51.2 Å². The normalized spacial score (nSPS) is 11.0. The van der Waals surface area contributed by atoms with Gasteiger partial charge >= 0.3 is 0 Å². The maximum Gasteiger partial charge on any atom is 0.216 e. The van der Waals surface area contributed by atoms with Crippen molar-refractivity contribution in [3.05, 3.63) is 12.2 Å². The van der Waals surface area contributed by atoms with Crippen molar-refractivity contribution in [2.45, 2.75) is 78.1 Å². The second kappa shape index (κ2) is 14.3. The van der Waals surface area contributed by atoms with Crippen LogP contribution in [0.4, 0.5) is 0 Å². The Hall–Kier alpha value is -0.790. The van der Waals surface area contributed by atoms with Crippen LogP contribution >= 0.6 is 0 Å². The molecule has 18 heavy (non-hydrogen) atoms. The van der Waals surface area contributed by atoms with Gasteiger partial charge in [-0.3, -0.25) is 4.79 Å². The zero-order valence-electron chi connectivity index (χ0n) is 12.3. The molecule has 0 aromatic carbocycles. The molecule has 106 valence electrons. The number of carbonyl (C=O) groups is 1. The summed E-state index contributed by atoms with van der Waals surface area (Å²) >= 11 is 0. The van der Waals surface area contributed by atoms with Crippen LogP contribution in [0.15, 0.2) is 12.2 Å². The average Bonchev–Trinajstić information content (AvgIpc) is 2.34. The van der Waals surface area contributed by atoms with E-state index in [1.165, 1.54) is 57.8 Å². The van der Waals surface area contributed by atoms with Gasteiger partial charge in [-0.25, -0.2) is 0 Å². The number of nitrogens with one attached hydrogen (secondary N) is 1. The van der Waals surface area contributed by atoms with Crippen LogP contribution in [0.2, 0.25) is 0 Å². The Kier molecular flexibility index (Phi) is 13.6. The molecule has 0 atom stereocenters. The van der Waals surface area contributed by atoms with Gasteiger partial charge in [0.25, 0.3) is 0 Å². The summed E-state index contributed by atoms with van der Waals surface area (Å²) in [5, 5.41) is 2.83. The van der Waals surface area contributed by atoms with E-state index in [1.807, 2.05) is 0 Å². The van der Waals surface area contributed by atoms with Gasteiger partial charge in [-0.05, 0) is 32.1 Å². The van der Waals surface area contributed by atoms with Crippen molar-refractivity contribution >= 4 is 5.91 Å². The minimum atomic E-state index is 0.0843. The fourth-order valence-corrected chi connectivity index (χ4v) is 1.93. The first-order valence-corrected chi connectivity index (χ1v) is 7.66. The molecule has 0 heterocycles. The highest BCUT2D eigenvalue weighted by molar-refractivity contribution is 5.72. The van der Waals surface area contributed by atoms with Gasteiger partial charge in [-0.2, -0.15) is 0 Å². The monoisotopic (exact) mass is 253 g/mol. The smallest absolute Gasteiger partial charge is 0.216 e. The van der Waals surface area contributed by atoms with Crippen LogP contribution in [0.3, 0.4) is 0 Å². The molecule has 0 saturated heterocycles. The van der Waals surface area contributed by atoms with E-state index < -0.39 is 0 Å². The van der Waals surface area contributed by atoms with Crippen molar-refractivity contribution in [2.75, 3.05) is 6.54 Å². The lowest BCUT2D eigenvalue weighted by molar-refractivity contribution is -0.118. The Bertz CT molecular complexity index is 211. The van der Waals surface area contributed by atoms with E-state index in [0.29, 0.717) is 0 Å². The molecule has 2 heteroatoms. The van der Waals surface area contributed by atoms with Crippen LogP contribution in [0.25, 0.3) is 0 Å². The molecule has 0 radical (unpaired) electrons. The number of unbranched alkanes of at least 4 members (excludes halogenated alkanes) is 8. The van der Waals surface area contributed by atoms with Gasteiger partial charge in [0.15, 0.2) is 0 Å². The highest BCUT2D eigenvalue weighted by Crippen LogP contribution is 2.06. The standard InChI is InChI=1S/C16H31NO/c1-3-4-5-6-7-8-9-10-11-12-13-14-15-17-16(2)18/h8-9H,3-7,10-15H2,1-2H3,(H,17,18)/b9-8-. The third kappa shape index (κ3) is 15.2. The van der Waals surface area contributed by atoms with Gasteiger partial charge in [0.05, 0.1) is 0 Å². The summed E-state index contributed by atoms with van der Waals surface area (Å²) in [6.07, 6.45) is 17.5. The number of allylic oxidation sites excluding steroid dienone is 2. The molecule has 0 aromatic rings. The first kappa shape index (κ1) is 17.2. The minimum absolute atomic E-state index is 0.0843.